The SMILES string of the molecule is CN=[N+]=[N-].[H-].[Hg].[Na+]. The monoisotopic (exact) mass is 283 g/mol. The van der Waals surface area contributed by atoms with Crippen molar-refractivity contribution in [2.45, 2.75) is 0 Å². The van der Waals surface area contributed by atoms with Crippen molar-refractivity contribution < 1.29 is 58.7 Å². The van der Waals surface area contributed by atoms with Crippen LogP contribution >= 0.6 is 0 Å². The van der Waals surface area contributed by atoms with Crippen LogP contribution in [-0.2, 0) is 27.7 Å². The first kappa shape index (κ1) is 15.7. The molecule has 0 aliphatic rings. The fraction of sp³-hybridized carbons (Fsp3) is 1.00. The molecule has 26 valence electrons. The summed E-state index contributed by atoms with van der Waals surface area (Å²) < 4.78 is 0. The van der Waals surface area contributed by atoms with E-state index in [-0.39, 0.29) is 58.7 Å². The molecule has 0 radical (unpaired) electrons. The number of rotatable bonds is 0. The molecule has 0 N–H and O–H groups in total. The number of azide groups is 1. The van der Waals surface area contributed by atoms with Crippen LogP contribution in [0.15, 0.2) is 5.11 Å². The molecule has 0 aromatic rings. The smallest absolute Gasteiger partial charge is 1.00 e. The summed E-state index contributed by atoms with van der Waals surface area (Å²) in [4.78, 5) is 2.36. The van der Waals surface area contributed by atoms with Gasteiger partial charge in [-0.2, -0.15) is 0 Å². The minimum atomic E-state index is 0. The normalized spacial score (nSPS) is 2.83. The van der Waals surface area contributed by atoms with Crippen molar-refractivity contribution in [2.75, 3.05) is 7.05 Å². The molecule has 0 aromatic heterocycles. The number of hydrogen-bond donors (Lipinski definition) is 0. The molecule has 0 rings (SSSR count). The predicted molar refractivity (Wildman–Crippen MR) is 16.2 cm³/mol. The van der Waals surface area contributed by atoms with Crippen LogP contribution in [0.5, 0.6) is 0 Å². The number of hydrogen-bond acceptors (Lipinski definition) is 1. The first-order valence-corrected chi connectivity index (χ1v) is 0.847. The van der Waals surface area contributed by atoms with Gasteiger partial charge in [-0.05, 0) is 5.53 Å². The molecule has 3 nitrogen and oxygen atoms in total. The second-order valence-corrected chi connectivity index (χ2v) is 0.289. The zero-order valence-corrected chi connectivity index (χ0v) is 11.5. The molecule has 0 fully saturated rings. The Balaban J connectivity index is -0.0000000150. The second kappa shape index (κ2) is 16.3. The average molecular weight is 282 g/mol. The molecule has 0 saturated carbocycles. The zero-order valence-electron chi connectivity index (χ0n) is 5.05. The van der Waals surface area contributed by atoms with E-state index in [0.717, 1.165) is 0 Å². The fourth-order valence-corrected chi connectivity index (χ4v) is 0. The van der Waals surface area contributed by atoms with Crippen LogP contribution in [0.25, 0.3) is 10.4 Å². The second-order valence-electron chi connectivity index (χ2n) is 0.289. The average Bonchev–Trinajstić information content (AvgIpc) is 1.37. The molecule has 0 bridgehead atoms. The van der Waals surface area contributed by atoms with Gasteiger partial charge in [-0.25, -0.2) is 0 Å². The molecule has 0 heterocycles. The van der Waals surface area contributed by atoms with Gasteiger partial charge in [0.25, 0.3) is 0 Å². The van der Waals surface area contributed by atoms with E-state index in [0.29, 0.717) is 0 Å². The van der Waals surface area contributed by atoms with Crippen molar-refractivity contribution in [1.29, 1.82) is 0 Å². The van der Waals surface area contributed by atoms with E-state index < -0.39 is 0 Å². The summed E-state index contributed by atoms with van der Waals surface area (Å²) in [6.45, 7) is 0. The molecule has 0 amide bonds. The molecule has 0 spiro atoms. The standard InChI is InChI=1S/CH3N3.Hg.Na.H/c1-3-4-2;;;/h1H3;;;/q;;+1;-1. The third kappa shape index (κ3) is 18.8. The van der Waals surface area contributed by atoms with Gasteiger partial charge < -0.3 is 1.43 Å². The Morgan fingerprint density at radius 3 is 2.00 bits per heavy atom. The van der Waals surface area contributed by atoms with Crippen molar-refractivity contribution >= 4 is 0 Å². The summed E-state index contributed by atoms with van der Waals surface area (Å²) in [6, 6.07) is 0. The van der Waals surface area contributed by atoms with E-state index in [9.17, 15) is 0 Å². The van der Waals surface area contributed by atoms with Crippen LogP contribution in [0.2, 0.25) is 0 Å². The molecular weight excluding hydrogens is 278 g/mol. The van der Waals surface area contributed by atoms with Crippen molar-refractivity contribution in [3.05, 3.63) is 10.4 Å². The Kier molecular flexibility index (Phi) is 42.6. The minimum Gasteiger partial charge on any atom is -1.00 e. The molecule has 6 heavy (non-hydrogen) atoms. The van der Waals surface area contributed by atoms with Crippen LogP contribution in [-0.4, -0.2) is 7.05 Å². The Morgan fingerprint density at radius 2 is 2.00 bits per heavy atom. The van der Waals surface area contributed by atoms with Gasteiger partial charge in [0.15, 0.2) is 0 Å². The van der Waals surface area contributed by atoms with E-state index >= 15 is 0 Å². The van der Waals surface area contributed by atoms with Crippen molar-refractivity contribution in [1.82, 2.24) is 0 Å². The maximum atomic E-state index is 7.33. The van der Waals surface area contributed by atoms with E-state index in [2.05, 4.69) is 10.0 Å². The summed E-state index contributed by atoms with van der Waals surface area (Å²) in [5.74, 6) is 0. The summed E-state index contributed by atoms with van der Waals surface area (Å²) in [5.41, 5.74) is 7.33. The van der Waals surface area contributed by atoms with Gasteiger partial charge in [0.05, 0.1) is 0 Å². The summed E-state index contributed by atoms with van der Waals surface area (Å²) in [7, 11) is 1.39. The molecular formula is CH4HgN3Na. The molecule has 0 atom stereocenters. The Labute approximate surface area is 80.4 Å². The van der Waals surface area contributed by atoms with Gasteiger partial charge in [-0.1, -0.05) is 5.11 Å². The summed E-state index contributed by atoms with van der Waals surface area (Å²) in [5, 5.41) is 2.92. The summed E-state index contributed by atoms with van der Waals surface area (Å²) in [6.07, 6.45) is 0. The van der Waals surface area contributed by atoms with E-state index in [1.165, 1.54) is 7.05 Å². The van der Waals surface area contributed by atoms with Crippen molar-refractivity contribution in [3.63, 3.8) is 0 Å². The molecule has 0 aliphatic heterocycles. The predicted octanol–water partition coefficient (Wildman–Crippen LogP) is -1.96. The first-order chi connectivity index (χ1) is 1.91. The van der Waals surface area contributed by atoms with E-state index in [4.69, 9.17) is 5.53 Å². The van der Waals surface area contributed by atoms with Crippen LogP contribution in [0, 0.1) is 0 Å². The van der Waals surface area contributed by atoms with Crippen molar-refractivity contribution in [3.8, 4) is 0 Å². The van der Waals surface area contributed by atoms with Gasteiger partial charge in [0.1, 0.15) is 0 Å². The molecule has 5 heteroatoms. The van der Waals surface area contributed by atoms with Gasteiger partial charge in [-0.15, -0.1) is 0 Å². The van der Waals surface area contributed by atoms with Crippen LogP contribution in [0.3, 0.4) is 0 Å². The molecule has 0 aliphatic carbocycles. The Morgan fingerprint density at radius 1 is 1.83 bits per heavy atom. The maximum Gasteiger partial charge on any atom is 1.00 e. The third-order valence-corrected chi connectivity index (χ3v) is 0.0894. The minimum absolute atomic E-state index is 0. The Bertz CT molecular complexity index is 52.9. The van der Waals surface area contributed by atoms with Gasteiger partial charge in [-0.3, -0.25) is 0 Å². The van der Waals surface area contributed by atoms with Gasteiger partial charge in [0.2, 0.25) is 0 Å². The maximum absolute atomic E-state index is 7.33. The van der Waals surface area contributed by atoms with E-state index in [1.807, 2.05) is 0 Å². The Hall–Kier alpha value is 1.25. The number of nitrogens with zero attached hydrogens (tertiary/aromatic N) is 3. The van der Waals surface area contributed by atoms with Crippen LogP contribution < -0.4 is 29.6 Å². The first-order valence-electron chi connectivity index (χ1n) is 0.847. The molecule has 0 unspecified atom stereocenters. The van der Waals surface area contributed by atoms with Gasteiger partial charge in [0, 0.05) is 39.6 Å². The van der Waals surface area contributed by atoms with Crippen LogP contribution in [0.4, 0.5) is 0 Å². The van der Waals surface area contributed by atoms with Crippen molar-refractivity contribution in [2.24, 2.45) is 5.11 Å². The molecule has 0 saturated heterocycles. The topological polar surface area (TPSA) is 48.8 Å². The molecule has 0 aromatic carbocycles. The quantitative estimate of drug-likeness (QED) is 0.214. The largest absolute Gasteiger partial charge is 1.00 e. The summed E-state index contributed by atoms with van der Waals surface area (Å²) >= 11 is 0. The van der Waals surface area contributed by atoms with E-state index in [1.54, 1.807) is 0 Å². The van der Waals surface area contributed by atoms with Gasteiger partial charge >= 0.3 is 29.6 Å². The zero-order chi connectivity index (χ0) is 3.41. The fourth-order valence-electron chi connectivity index (χ4n) is 0. The van der Waals surface area contributed by atoms with Crippen LogP contribution in [0.1, 0.15) is 1.43 Å². The third-order valence-electron chi connectivity index (χ3n) is 0.0894.